The lowest BCUT2D eigenvalue weighted by Gasteiger charge is -1.99. The Morgan fingerprint density at radius 1 is 1.16 bits per heavy atom. The highest BCUT2D eigenvalue weighted by molar-refractivity contribution is 5.69. The van der Waals surface area contributed by atoms with E-state index in [-0.39, 0.29) is 12.3 Å². The van der Waals surface area contributed by atoms with Crippen molar-refractivity contribution in [2.45, 2.75) is 6.54 Å². The van der Waals surface area contributed by atoms with E-state index in [1.165, 1.54) is 4.68 Å². The van der Waals surface area contributed by atoms with Crippen molar-refractivity contribution in [1.29, 1.82) is 5.26 Å². The molecule has 0 aliphatic heterocycles. The van der Waals surface area contributed by atoms with E-state index in [4.69, 9.17) is 10.00 Å². The van der Waals surface area contributed by atoms with Crippen molar-refractivity contribution >= 4 is 12.2 Å². The fraction of sp³-hybridized carbons (Fsp3) is 0.105. The average molecular weight is 332 g/mol. The smallest absolute Gasteiger partial charge is 0.185 e. The molecule has 0 unspecified atom stereocenters. The van der Waals surface area contributed by atoms with E-state index in [0.29, 0.717) is 17.2 Å². The third-order valence-corrected chi connectivity index (χ3v) is 3.61. The van der Waals surface area contributed by atoms with Crippen LogP contribution in [0.25, 0.3) is 23.5 Å². The summed E-state index contributed by atoms with van der Waals surface area (Å²) in [7, 11) is 1.62. The lowest BCUT2D eigenvalue weighted by atomic mass is 10.2. The molecule has 0 aliphatic carbocycles. The van der Waals surface area contributed by atoms with E-state index < -0.39 is 0 Å². The van der Waals surface area contributed by atoms with Gasteiger partial charge in [-0.1, -0.05) is 30.3 Å². The van der Waals surface area contributed by atoms with Crippen molar-refractivity contribution < 1.29 is 9.84 Å². The zero-order valence-corrected chi connectivity index (χ0v) is 13.6. The van der Waals surface area contributed by atoms with Crippen molar-refractivity contribution in [3.05, 3.63) is 59.9 Å². The van der Waals surface area contributed by atoms with Gasteiger partial charge in [-0.25, -0.2) is 9.67 Å². The van der Waals surface area contributed by atoms with Crippen LogP contribution in [0.15, 0.2) is 48.5 Å². The van der Waals surface area contributed by atoms with Crippen LogP contribution in [-0.4, -0.2) is 27.0 Å². The number of benzene rings is 2. The van der Waals surface area contributed by atoms with Crippen molar-refractivity contribution in [2.24, 2.45) is 0 Å². The fourth-order valence-corrected chi connectivity index (χ4v) is 2.32. The summed E-state index contributed by atoms with van der Waals surface area (Å²) >= 11 is 0. The first kappa shape index (κ1) is 16.3. The van der Waals surface area contributed by atoms with Gasteiger partial charge in [0.25, 0.3) is 0 Å². The molecule has 2 aromatic carbocycles. The van der Waals surface area contributed by atoms with Gasteiger partial charge in [0.05, 0.1) is 18.7 Å². The van der Waals surface area contributed by atoms with Gasteiger partial charge in [-0.15, -0.1) is 5.10 Å². The molecule has 0 saturated carbocycles. The summed E-state index contributed by atoms with van der Waals surface area (Å²) in [5, 5.41) is 23.3. The first-order chi connectivity index (χ1) is 12.2. The zero-order chi connectivity index (χ0) is 17.6. The lowest BCUT2D eigenvalue weighted by Crippen LogP contribution is -2.00. The minimum absolute atomic E-state index is 0.0723. The number of para-hydroxylation sites is 1. The Morgan fingerprint density at radius 2 is 1.92 bits per heavy atom. The maximum absolute atomic E-state index is 9.97. The molecule has 0 atom stereocenters. The first-order valence-electron chi connectivity index (χ1n) is 7.63. The number of nitriles is 1. The topological polar surface area (TPSA) is 84.0 Å². The Kier molecular flexibility index (Phi) is 4.77. The van der Waals surface area contributed by atoms with Crippen molar-refractivity contribution in [1.82, 2.24) is 14.8 Å². The molecule has 0 radical (unpaired) electrons. The number of aromatic nitrogens is 3. The monoisotopic (exact) mass is 332 g/mol. The standard InChI is InChI=1S/C19H16N4O2/c1-25-15-9-6-14(7-10-15)8-11-18-21-19(22-23(18)13-12-20)16-4-2-3-5-17(16)24/h2-11,24H,13H2,1H3. The summed E-state index contributed by atoms with van der Waals surface area (Å²) in [5.41, 5.74) is 1.50. The Hall–Kier alpha value is -3.59. The van der Waals surface area contributed by atoms with Gasteiger partial charge in [-0.05, 0) is 35.9 Å². The van der Waals surface area contributed by atoms with Gasteiger partial charge in [-0.2, -0.15) is 5.26 Å². The molecular formula is C19H16N4O2. The Labute approximate surface area is 145 Å². The van der Waals surface area contributed by atoms with Gasteiger partial charge in [0.2, 0.25) is 0 Å². The summed E-state index contributed by atoms with van der Waals surface area (Å²) in [6.07, 6.45) is 3.67. The molecule has 0 fully saturated rings. The van der Waals surface area contributed by atoms with Crippen LogP contribution in [0.1, 0.15) is 11.4 Å². The van der Waals surface area contributed by atoms with Crippen molar-refractivity contribution in [3.8, 4) is 29.0 Å². The molecule has 3 rings (SSSR count). The van der Waals surface area contributed by atoms with Crippen molar-refractivity contribution in [2.75, 3.05) is 7.11 Å². The maximum atomic E-state index is 9.97. The SMILES string of the molecule is COc1ccc(C=Cc2nc(-c3ccccc3O)nn2CC#N)cc1. The summed E-state index contributed by atoms with van der Waals surface area (Å²) in [5.74, 6) is 1.80. The molecule has 0 bridgehead atoms. The highest BCUT2D eigenvalue weighted by Crippen LogP contribution is 2.26. The number of phenolic OH excluding ortho intramolecular Hbond substituents is 1. The maximum Gasteiger partial charge on any atom is 0.185 e. The second-order valence-electron chi connectivity index (χ2n) is 5.23. The number of methoxy groups -OCH3 is 1. The van der Waals surface area contributed by atoms with E-state index >= 15 is 0 Å². The van der Waals surface area contributed by atoms with Crippen LogP contribution in [0.2, 0.25) is 0 Å². The van der Waals surface area contributed by atoms with Crippen LogP contribution in [0.5, 0.6) is 11.5 Å². The Balaban J connectivity index is 1.93. The van der Waals surface area contributed by atoms with Gasteiger partial charge in [-0.3, -0.25) is 0 Å². The quantitative estimate of drug-likeness (QED) is 0.774. The number of hydrogen-bond donors (Lipinski definition) is 1. The lowest BCUT2D eigenvalue weighted by molar-refractivity contribution is 0.415. The summed E-state index contributed by atoms with van der Waals surface area (Å²) in [4.78, 5) is 4.44. The number of hydrogen-bond acceptors (Lipinski definition) is 5. The number of ether oxygens (including phenoxy) is 1. The van der Waals surface area contributed by atoms with Gasteiger partial charge < -0.3 is 9.84 Å². The van der Waals surface area contributed by atoms with Crippen LogP contribution in [-0.2, 0) is 6.54 Å². The van der Waals surface area contributed by atoms with Gasteiger partial charge in [0.15, 0.2) is 11.6 Å². The normalized spacial score (nSPS) is 10.7. The molecule has 6 nitrogen and oxygen atoms in total. The van der Waals surface area contributed by atoms with Gasteiger partial charge in [0, 0.05) is 0 Å². The first-order valence-corrected chi connectivity index (χ1v) is 7.63. The third-order valence-electron chi connectivity index (χ3n) is 3.61. The van der Waals surface area contributed by atoms with E-state index in [0.717, 1.165) is 11.3 Å². The van der Waals surface area contributed by atoms with Crippen LogP contribution in [0.3, 0.4) is 0 Å². The van der Waals surface area contributed by atoms with Crippen LogP contribution >= 0.6 is 0 Å². The largest absolute Gasteiger partial charge is 0.507 e. The summed E-state index contributed by atoms with van der Waals surface area (Å²) in [6.45, 7) is 0.0723. The van der Waals surface area contributed by atoms with Crippen LogP contribution < -0.4 is 4.74 Å². The predicted octanol–water partition coefficient (Wildman–Crippen LogP) is 3.35. The minimum atomic E-state index is 0.0723. The third kappa shape index (κ3) is 3.67. The molecule has 0 spiro atoms. The number of phenols is 1. The van der Waals surface area contributed by atoms with E-state index in [1.807, 2.05) is 30.3 Å². The van der Waals surface area contributed by atoms with E-state index in [1.54, 1.807) is 37.5 Å². The highest BCUT2D eigenvalue weighted by atomic mass is 16.5. The number of aromatic hydroxyl groups is 1. The van der Waals surface area contributed by atoms with Crippen LogP contribution in [0.4, 0.5) is 0 Å². The summed E-state index contributed by atoms with van der Waals surface area (Å²) < 4.78 is 6.64. The fourth-order valence-electron chi connectivity index (χ4n) is 2.32. The second-order valence-corrected chi connectivity index (χ2v) is 5.23. The number of rotatable bonds is 5. The number of nitrogens with zero attached hydrogens (tertiary/aromatic N) is 4. The molecule has 0 saturated heterocycles. The molecule has 1 N–H and O–H groups in total. The van der Waals surface area contributed by atoms with Gasteiger partial charge in [0.1, 0.15) is 18.0 Å². The molecule has 1 aromatic heterocycles. The molecule has 1 heterocycles. The van der Waals surface area contributed by atoms with E-state index in [2.05, 4.69) is 16.2 Å². The molecule has 6 heteroatoms. The minimum Gasteiger partial charge on any atom is -0.507 e. The second kappa shape index (κ2) is 7.32. The Bertz CT molecular complexity index is 937. The summed E-state index contributed by atoms with van der Waals surface area (Å²) in [6, 6.07) is 16.5. The molecule has 0 aliphatic rings. The van der Waals surface area contributed by atoms with E-state index in [9.17, 15) is 5.11 Å². The molecule has 124 valence electrons. The van der Waals surface area contributed by atoms with Crippen LogP contribution in [0, 0.1) is 11.3 Å². The highest BCUT2D eigenvalue weighted by Gasteiger charge is 2.12. The molecular weight excluding hydrogens is 316 g/mol. The Morgan fingerprint density at radius 3 is 2.60 bits per heavy atom. The molecule has 3 aromatic rings. The predicted molar refractivity (Wildman–Crippen MR) is 94.7 cm³/mol. The van der Waals surface area contributed by atoms with Gasteiger partial charge >= 0.3 is 0 Å². The molecule has 0 amide bonds. The average Bonchev–Trinajstić information content (AvgIpc) is 3.04. The zero-order valence-electron chi connectivity index (χ0n) is 13.6. The van der Waals surface area contributed by atoms with Crippen molar-refractivity contribution in [3.63, 3.8) is 0 Å². The molecule has 25 heavy (non-hydrogen) atoms.